The van der Waals surface area contributed by atoms with Crippen LogP contribution in [0, 0.1) is 0 Å². The van der Waals surface area contributed by atoms with Crippen molar-refractivity contribution < 1.29 is 13.2 Å². The molecule has 2 heterocycles. The molecule has 0 radical (unpaired) electrons. The van der Waals surface area contributed by atoms with E-state index in [2.05, 4.69) is 32.1 Å². The normalized spacial score (nSPS) is 15.7. The fourth-order valence-electron chi connectivity index (χ4n) is 2.60. The van der Waals surface area contributed by atoms with Gasteiger partial charge in [-0.25, -0.2) is 23.5 Å². The molecule has 0 aliphatic carbocycles. The SMILES string of the molecule is CN1CCN(c2cc(C(=O)Nc3ccc(S(N)(=O)=O)cc3)ncn2)CC1. The monoisotopic (exact) mass is 376 g/mol. The van der Waals surface area contributed by atoms with Gasteiger partial charge in [-0.05, 0) is 31.3 Å². The summed E-state index contributed by atoms with van der Waals surface area (Å²) in [6.07, 6.45) is 1.37. The standard InChI is InChI=1S/C16H20N6O3S/c1-21-6-8-22(9-7-21)15-10-14(18-11-19-15)16(23)20-12-2-4-13(5-3-12)26(17,24)25/h2-5,10-11H,6-9H2,1H3,(H,20,23)(H2,17,24,25). The number of nitrogens with one attached hydrogen (secondary N) is 1. The Morgan fingerprint density at radius 3 is 2.38 bits per heavy atom. The number of likely N-dealkylation sites (N-methyl/N-ethyl adjacent to an activating group) is 1. The predicted molar refractivity (Wildman–Crippen MR) is 97.5 cm³/mol. The Morgan fingerprint density at radius 2 is 1.77 bits per heavy atom. The highest BCUT2D eigenvalue weighted by Gasteiger charge is 2.17. The van der Waals surface area contributed by atoms with Crippen LogP contribution >= 0.6 is 0 Å². The lowest BCUT2D eigenvalue weighted by molar-refractivity contribution is 0.102. The van der Waals surface area contributed by atoms with Crippen LogP contribution in [-0.2, 0) is 10.0 Å². The zero-order valence-corrected chi connectivity index (χ0v) is 15.1. The van der Waals surface area contributed by atoms with E-state index in [0.717, 1.165) is 26.2 Å². The maximum atomic E-state index is 12.4. The van der Waals surface area contributed by atoms with Gasteiger partial charge < -0.3 is 15.1 Å². The third-order valence-corrected chi connectivity index (χ3v) is 5.08. The molecule has 10 heteroatoms. The van der Waals surface area contributed by atoms with Gasteiger partial charge in [0.2, 0.25) is 10.0 Å². The second kappa shape index (κ2) is 7.36. The van der Waals surface area contributed by atoms with E-state index in [0.29, 0.717) is 11.5 Å². The van der Waals surface area contributed by atoms with Crippen LogP contribution in [0.3, 0.4) is 0 Å². The van der Waals surface area contributed by atoms with Crippen molar-refractivity contribution >= 4 is 27.4 Å². The van der Waals surface area contributed by atoms with Crippen molar-refractivity contribution in [2.45, 2.75) is 4.90 Å². The molecule has 26 heavy (non-hydrogen) atoms. The zero-order valence-electron chi connectivity index (χ0n) is 14.3. The van der Waals surface area contributed by atoms with Gasteiger partial charge in [0.25, 0.3) is 5.91 Å². The van der Waals surface area contributed by atoms with Gasteiger partial charge in [-0.2, -0.15) is 0 Å². The molecule has 9 nitrogen and oxygen atoms in total. The molecule has 1 aromatic heterocycles. The summed E-state index contributed by atoms with van der Waals surface area (Å²) >= 11 is 0. The first-order chi connectivity index (χ1) is 12.3. The van der Waals surface area contributed by atoms with Crippen LogP contribution in [0.15, 0.2) is 41.6 Å². The number of nitrogens with two attached hydrogens (primary N) is 1. The maximum absolute atomic E-state index is 12.4. The number of anilines is 2. The average molecular weight is 376 g/mol. The number of carbonyl (C=O) groups excluding carboxylic acids is 1. The summed E-state index contributed by atoms with van der Waals surface area (Å²) in [6.45, 7) is 3.54. The van der Waals surface area contributed by atoms with Gasteiger partial charge in [0.1, 0.15) is 17.8 Å². The fraction of sp³-hybridized carbons (Fsp3) is 0.312. The average Bonchev–Trinajstić information content (AvgIpc) is 2.62. The van der Waals surface area contributed by atoms with Crippen LogP contribution in [-0.4, -0.2) is 62.4 Å². The Balaban J connectivity index is 1.71. The van der Waals surface area contributed by atoms with E-state index >= 15 is 0 Å². The van der Waals surface area contributed by atoms with Crippen molar-refractivity contribution in [1.82, 2.24) is 14.9 Å². The molecule has 1 fully saturated rings. The summed E-state index contributed by atoms with van der Waals surface area (Å²) < 4.78 is 22.5. The van der Waals surface area contributed by atoms with E-state index in [9.17, 15) is 13.2 Å². The van der Waals surface area contributed by atoms with E-state index in [1.165, 1.54) is 30.6 Å². The zero-order chi connectivity index (χ0) is 18.7. The van der Waals surface area contributed by atoms with Gasteiger partial charge in [0.15, 0.2) is 0 Å². The van der Waals surface area contributed by atoms with Crippen LogP contribution in [0.1, 0.15) is 10.5 Å². The number of piperazine rings is 1. The molecule has 1 saturated heterocycles. The number of carbonyl (C=O) groups is 1. The lowest BCUT2D eigenvalue weighted by Crippen LogP contribution is -2.44. The molecule has 3 N–H and O–H groups in total. The minimum atomic E-state index is -3.76. The van der Waals surface area contributed by atoms with Gasteiger partial charge in [-0.3, -0.25) is 4.79 Å². The molecule has 1 aliphatic heterocycles. The summed E-state index contributed by atoms with van der Waals surface area (Å²) in [5.74, 6) is 0.314. The molecule has 1 aromatic carbocycles. The van der Waals surface area contributed by atoms with Crippen LogP contribution in [0.5, 0.6) is 0 Å². The molecule has 0 bridgehead atoms. The molecule has 2 aromatic rings. The molecule has 0 saturated carbocycles. The van der Waals surface area contributed by atoms with Crippen LogP contribution in [0.2, 0.25) is 0 Å². The Kier molecular flexibility index (Phi) is 5.16. The van der Waals surface area contributed by atoms with Crippen LogP contribution in [0.25, 0.3) is 0 Å². The minimum absolute atomic E-state index is 0.0186. The minimum Gasteiger partial charge on any atom is -0.354 e. The van der Waals surface area contributed by atoms with E-state index in [-0.39, 0.29) is 10.6 Å². The number of amides is 1. The summed E-state index contributed by atoms with van der Waals surface area (Å²) in [5.41, 5.74) is 0.687. The summed E-state index contributed by atoms with van der Waals surface area (Å²) in [5, 5.41) is 7.74. The van der Waals surface area contributed by atoms with Crippen molar-refractivity contribution in [2.24, 2.45) is 5.14 Å². The van der Waals surface area contributed by atoms with E-state index < -0.39 is 15.9 Å². The van der Waals surface area contributed by atoms with Crippen molar-refractivity contribution in [2.75, 3.05) is 43.4 Å². The molecule has 1 amide bonds. The van der Waals surface area contributed by atoms with E-state index in [4.69, 9.17) is 5.14 Å². The Hall–Kier alpha value is -2.56. The molecule has 0 spiro atoms. The van der Waals surface area contributed by atoms with Gasteiger partial charge >= 0.3 is 0 Å². The number of hydrogen-bond acceptors (Lipinski definition) is 7. The van der Waals surface area contributed by atoms with Gasteiger partial charge in [-0.1, -0.05) is 0 Å². The van der Waals surface area contributed by atoms with Crippen LogP contribution < -0.4 is 15.4 Å². The number of rotatable bonds is 4. The summed E-state index contributed by atoms with van der Waals surface area (Å²) in [7, 11) is -1.70. The molecular formula is C16H20N6O3S. The highest BCUT2D eigenvalue weighted by atomic mass is 32.2. The number of sulfonamides is 1. The summed E-state index contributed by atoms with van der Waals surface area (Å²) in [6, 6.07) is 7.26. The fourth-order valence-corrected chi connectivity index (χ4v) is 3.12. The molecule has 138 valence electrons. The Labute approximate surface area is 151 Å². The smallest absolute Gasteiger partial charge is 0.274 e. The molecule has 3 rings (SSSR count). The van der Waals surface area contributed by atoms with E-state index in [1.54, 1.807) is 6.07 Å². The lowest BCUT2D eigenvalue weighted by Gasteiger charge is -2.33. The maximum Gasteiger partial charge on any atom is 0.274 e. The highest BCUT2D eigenvalue weighted by Crippen LogP contribution is 2.16. The first-order valence-corrected chi connectivity index (χ1v) is 9.57. The molecule has 0 atom stereocenters. The Bertz CT molecular complexity index is 892. The quantitative estimate of drug-likeness (QED) is 0.778. The first-order valence-electron chi connectivity index (χ1n) is 8.03. The Morgan fingerprint density at radius 1 is 1.12 bits per heavy atom. The second-order valence-corrected chi connectivity index (χ2v) is 7.64. The van der Waals surface area contributed by atoms with Crippen molar-refractivity contribution in [3.8, 4) is 0 Å². The number of aromatic nitrogens is 2. The highest BCUT2D eigenvalue weighted by molar-refractivity contribution is 7.89. The van der Waals surface area contributed by atoms with Gasteiger partial charge in [-0.15, -0.1) is 0 Å². The van der Waals surface area contributed by atoms with Gasteiger partial charge in [0.05, 0.1) is 4.90 Å². The van der Waals surface area contributed by atoms with Crippen molar-refractivity contribution in [3.63, 3.8) is 0 Å². The summed E-state index contributed by atoms with van der Waals surface area (Å²) in [4.78, 5) is 25.0. The predicted octanol–water partition coefficient (Wildman–Crippen LogP) is 0.128. The number of hydrogen-bond donors (Lipinski definition) is 2. The second-order valence-electron chi connectivity index (χ2n) is 6.08. The largest absolute Gasteiger partial charge is 0.354 e. The topological polar surface area (TPSA) is 122 Å². The van der Waals surface area contributed by atoms with E-state index in [1.807, 2.05) is 0 Å². The number of nitrogens with zero attached hydrogens (tertiary/aromatic N) is 4. The molecule has 1 aliphatic rings. The number of primary sulfonamides is 1. The van der Waals surface area contributed by atoms with Crippen molar-refractivity contribution in [1.29, 1.82) is 0 Å². The van der Waals surface area contributed by atoms with Gasteiger partial charge in [0, 0.05) is 37.9 Å². The lowest BCUT2D eigenvalue weighted by atomic mass is 10.2. The third kappa shape index (κ3) is 4.34. The van der Waals surface area contributed by atoms with Crippen molar-refractivity contribution in [3.05, 3.63) is 42.4 Å². The number of benzene rings is 1. The molecule has 0 unspecified atom stereocenters. The third-order valence-electron chi connectivity index (χ3n) is 4.15. The first kappa shape index (κ1) is 18.2. The van der Waals surface area contributed by atoms with Crippen LogP contribution in [0.4, 0.5) is 11.5 Å². The molecular weight excluding hydrogens is 356 g/mol.